The van der Waals surface area contributed by atoms with Crippen LogP contribution in [0.3, 0.4) is 0 Å². The summed E-state index contributed by atoms with van der Waals surface area (Å²) in [5, 5.41) is 0. The van der Waals surface area contributed by atoms with Gasteiger partial charge in [0, 0.05) is 7.05 Å². The largest absolute Gasteiger partial charge is 0.351 e. The Morgan fingerprint density at radius 2 is 2.21 bits per heavy atom. The third kappa shape index (κ3) is 1.28. The first kappa shape index (κ1) is 8.55. The van der Waals surface area contributed by atoms with Crippen LogP contribution < -0.4 is 10.6 Å². The monoisotopic (exact) mass is 190 g/mol. The number of nitrogens with two attached hydrogens (primary N) is 1. The van der Waals surface area contributed by atoms with Crippen LogP contribution >= 0.6 is 0 Å². The topological polar surface area (TPSA) is 75.0 Å². The lowest BCUT2D eigenvalue weighted by molar-refractivity contribution is 0.255. The number of hydrogen-bond acceptors (Lipinski definition) is 2. The highest BCUT2D eigenvalue weighted by Crippen LogP contribution is 2.15. The lowest BCUT2D eigenvalue weighted by atomic mass is 10.3. The summed E-state index contributed by atoms with van der Waals surface area (Å²) >= 11 is 0. The summed E-state index contributed by atoms with van der Waals surface area (Å²) in [5.74, 6) is 0.457. The SMILES string of the molecule is CN(C(N)=O)c1nc2ccccc2[nH]1. The fraction of sp³-hybridized carbons (Fsp3) is 0.111. The van der Waals surface area contributed by atoms with Gasteiger partial charge in [0.2, 0.25) is 5.95 Å². The van der Waals surface area contributed by atoms with Gasteiger partial charge in [0.1, 0.15) is 0 Å². The molecular formula is C9H10N4O. The second-order valence-corrected chi connectivity index (χ2v) is 2.97. The number of carbonyl (C=O) groups is 1. The van der Waals surface area contributed by atoms with Crippen LogP contribution in [0.15, 0.2) is 24.3 Å². The number of amides is 2. The number of hydrogen-bond donors (Lipinski definition) is 2. The summed E-state index contributed by atoms with van der Waals surface area (Å²) in [5.41, 5.74) is 6.82. The highest BCUT2D eigenvalue weighted by atomic mass is 16.2. The van der Waals surface area contributed by atoms with Gasteiger partial charge in [-0.1, -0.05) is 12.1 Å². The third-order valence-electron chi connectivity index (χ3n) is 2.03. The van der Waals surface area contributed by atoms with Gasteiger partial charge in [-0.3, -0.25) is 4.90 Å². The number of fused-ring (bicyclic) bond motifs is 1. The molecule has 1 heterocycles. The molecule has 0 radical (unpaired) electrons. The van der Waals surface area contributed by atoms with Gasteiger partial charge in [0.05, 0.1) is 11.0 Å². The minimum Gasteiger partial charge on any atom is -0.351 e. The molecular weight excluding hydrogens is 180 g/mol. The Bertz CT molecular complexity index is 443. The number of para-hydroxylation sites is 2. The maximum Gasteiger partial charge on any atom is 0.321 e. The van der Waals surface area contributed by atoms with E-state index in [1.54, 1.807) is 7.05 Å². The summed E-state index contributed by atoms with van der Waals surface area (Å²) in [6, 6.07) is 7.00. The number of nitrogens with zero attached hydrogens (tertiary/aromatic N) is 2. The van der Waals surface area contributed by atoms with E-state index in [1.807, 2.05) is 24.3 Å². The third-order valence-corrected chi connectivity index (χ3v) is 2.03. The number of nitrogens with one attached hydrogen (secondary N) is 1. The van der Waals surface area contributed by atoms with E-state index in [4.69, 9.17) is 5.73 Å². The summed E-state index contributed by atoms with van der Waals surface area (Å²) in [4.78, 5) is 19.3. The van der Waals surface area contributed by atoms with Crippen molar-refractivity contribution >= 4 is 23.0 Å². The smallest absolute Gasteiger partial charge is 0.321 e. The van der Waals surface area contributed by atoms with Crippen LogP contribution in [0.25, 0.3) is 11.0 Å². The molecule has 5 nitrogen and oxygen atoms in total. The van der Waals surface area contributed by atoms with Crippen molar-refractivity contribution < 1.29 is 4.79 Å². The van der Waals surface area contributed by atoms with Gasteiger partial charge in [0.15, 0.2) is 0 Å². The van der Waals surface area contributed by atoms with Crippen molar-refractivity contribution in [1.82, 2.24) is 9.97 Å². The molecule has 0 bridgehead atoms. The molecule has 0 aliphatic carbocycles. The average molecular weight is 190 g/mol. The fourth-order valence-corrected chi connectivity index (χ4v) is 1.20. The van der Waals surface area contributed by atoms with Crippen molar-refractivity contribution in [3.05, 3.63) is 24.3 Å². The molecule has 0 aliphatic heterocycles. The molecule has 0 fully saturated rings. The molecule has 2 aromatic rings. The van der Waals surface area contributed by atoms with Crippen molar-refractivity contribution in [2.75, 3.05) is 11.9 Å². The van der Waals surface area contributed by atoms with Gasteiger partial charge in [0.25, 0.3) is 0 Å². The Hall–Kier alpha value is -2.04. The highest BCUT2D eigenvalue weighted by Gasteiger charge is 2.10. The zero-order valence-corrected chi connectivity index (χ0v) is 7.69. The summed E-state index contributed by atoms with van der Waals surface area (Å²) in [7, 11) is 1.57. The van der Waals surface area contributed by atoms with E-state index in [2.05, 4.69) is 9.97 Å². The van der Waals surface area contributed by atoms with E-state index >= 15 is 0 Å². The molecule has 0 saturated heterocycles. The Kier molecular flexibility index (Phi) is 1.85. The number of aromatic nitrogens is 2. The predicted molar refractivity (Wildman–Crippen MR) is 54.1 cm³/mol. The lowest BCUT2D eigenvalue weighted by Gasteiger charge is -2.08. The van der Waals surface area contributed by atoms with Gasteiger partial charge < -0.3 is 10.7 Å². The van der Waals surface area contributed by atoms with Gasteiger partial charge in [-0.25, -0.2) is 9.78 Å². The van der Waals surface area contributed by atoms with E-state index < -0.39 is 6.03 Å². The summed E-state index contributed by atoms with van der Waals surface area (Å²) < 4.78 is 0. The number of carbonyl (C=O) groups excluding carboxylic acids is 1. The van der Waals surface area contributed by atoms with Crippen molar-refractivity contribution in [1.29, 1.82) is 0 Å². The number of primary amides is 1. The molecule has 0 saturated carbocycles. The Balaban J connectivity index is 2.50. The molecule has 72 valence electrons. The number of rotatable bonds is 1. The van der Waals surface area contributed by atoms with Gasteiger partial charge in [-0.2, -0.15) is 0 Å². The maximum absolute atomic E-state index is 10.9. The number of urea groups is 1. The first-order valence-electron chi connectivity index (χ1n) is 4.16. The standard InChI is InChI=1S/C9H10N4O/c1-13(8(10)14)9-11-6-4-2-3-5-7(6)12-9/h2-5H,1H3,(H2,10,14)(H,11,12). The van der Waals surface area contributed by atoms with Crippen LogP contribution in [0.2, 0.25) is 0 Å². The maximum atomic E-state index is 10.9. The molecule has 14 heavy (non-hydrogen) atoms. The van der Waals surface area contributed by atoms with Crippen LogP contribution in [0.1, 0.15) is 0 Å². The Labute approximate surface area is 80.5 Å². The van der Waals surface area contributed by atoms with Crippen molar-refractivity contribution in [3.8, 4) is 0 Å². The molecule has 5 heteroatoms. The van der Waals surface area contributed by atoms with Gasteiger partial charge in [-0.05, 0) is 12.1 Å². The van der Waals surface area contributed by atoms with Crippen LogP contribution in [0.4, 0.5) is 10.7 Å². The van der Waals surface area contributed by atoms with E-state index in [0.29, 0.717) is 5.95 Å². The second-order valence-electron chi connectivity index (χ2n) is 2.97. The minimum atomic E-state index is -0.538. The van der Waals surface area contributed by atoms with Gasteiger partial charge >= 0.3 is 6.03 Å². The second kappa shape index (κ2) is 3.02. The lowest BCUT2D eigenvalue weighted by Crippen LogP contribution is -2.32. The quantitative estimate of drug-likeness (QED) is 0.706. The van der Waals surface area contributed by atoms with Gasteiger partial charge in [-0.15, -0.1) is 0 Å². The Morgan fingerprint density at radius 1 is 1.50 bits per heavy atom. The van der Waals surface area contributed by atoms with Crippen LogP contribution in [-0.2, 0) is 0 Å². The molecule has 1 aromatic carbocycles. The number of benzene rings is 1. The van der Waals surface area contributed by atoms with Crippen LogP contribution in [0.5, 0.6) is 0 Å². The van der Waals surface area contributed by atoms with E-state index in [1.165, 1.54) is 4.90 Å². The summed E-state index contributed by atoms with van der Waals surface area (Å²) in [6.45, 7) is 0. The molecule has 3 N–H and O–H groups in total. The van der Waals surface area contributed by atoms with E-state index in [0.717, 1.165) is 11.0 Å². The molecule has 2 amide bonds. The molecule has 0 aliphatic rings. The van der Waals surface area contributed by atoms with Crippen molar-refractivity contribution in [3.63, 3.8) is 0 Å². The Morgan fingerprint density at radius 3 is 2.86 bits per heavy atom. The van der Waals surface area contributed by atoms with E-state index in [9.17, 15) is 4.79 Å². The average Bonchev–Trinajstić information content (AvgIpc) is 2.59. The molecule has 0 atom stereocenters. The van der Waals surface area contributed by atoms with Crippen molar-refractivity contribution in [2.24, 2.45) is 5.73 Å². The molecule has 0 spiro atoms. The number of imidazole rings is 1. The number of H-pyrrole nitrogens is 1. The van der Waals surface area contributed by atoms with Crippen LogP contribution in [-0.4, -0.2) is 23.0 Å². The highest BCUT2D eigenvalue weighted by molar-refractivity contribution is 5.90. The molecule has 1 aromatic heterocycles. The predicted octanol–water partition coefficient (Wildman–Crippen LogP) is 1.08. The zero-order valence-electron chi connectivity index (χ0n) is 7.69. The first-order chi connectivity index (χ1) is 6.68. The minimum absolute atomic E-state index is 0.457. The zero-order chi connectivity index (χ0) is 10.1. The van der Waals surface area contributed by atoms with Crippen LogP contribution in [0, 0.1) is 0 Å². The molecule has 2 rings (SSSR count). The number of aromatic amines is 1. The number of anilines is 1. The summed E-state index contributed by atoms with van der Waals surface area (Å²) in [6.07, 6.45) is 0. The molecule has 0 unspecified atom stereocenters. The van der Waals surface area contributed by atoms with E-state index in [-0.39, 0.29) is 0 Å². The fourth-order valence-electron chi connectivity index (χ4n) is 1.20. The normalized spacial score (nSPS) is 10.4. The van der Waals surface area contributed by atoms with Crippen molar-refractivity contribution in [2.45, 2.75) is 0 Å². The first-order valence-corrected chi connectivity index (χ1v) is 4.16.